The maximum Gasteiger partial charge on any atom is 0.160 e. The number of aromatic nitrogens is 4. The first kappa shape index (κ1) is 19.0. The van der Waals surface area contributed by atoms with Gasteiger partial charge in [-0.2, -0.15) is 5.10 Å². The molecule has 28 heavy (non-hydrogen) atoms. The van der Waals surface area contributed by atoms with Crippen molar-refractivity contribution in [2.45, 2.75) is 19.3 Å². The smallest absolute Gasteiger partial charge is 0.160 e. The van der Waals surface area contributed by atoms with Crippen LogP contribution >= 0.6 is 23.2 Å². The van der Waals surface area contributed by atoms with Crippen LogP contribution in [0.3, 0.4) is 0 Å². The zero-order valence-electron chi connectivity index (χ0n) is 15.2. The van der Waals surface area contributed by atoms with E-state index >= 15 is 0 Å². The Morgan fingerprint density at radius 2 is 2.07 bits per heavy atom. The Hall–Kier alpha value is -2.38. The molecule has 4 rings (SSSR count). The normalized spacial score (nSPS) is 17.1. The maximum atomic E-state index is 12.5. The fourth-order valence-corrected chi connectivity index (χ4v) is 4.20. The molecule has 0 unspecified atom stereocenters. The number of ketones is 1. The number of hydrogen-bond donors (Lipinski definition) is 2. The summed E-state index contributed by atoms with van der Waals surface area (Å²) in [5, 5.41) is 12.0. The van der Waals surface area contributed by atoms with Gasteiger partial charge in [0, 0.05) is 35.2 Å². The van der Waals surface area contributed by atoms with Gasteiger partial charge in [0.2, 0.25) is 0 Å². The van der Waals surface area contributed by atoms with Gasteiger partial charge < -0.3 is 10.2 Å². The molecule has 1 saturated heterocycles. The highest BCUT2D eigenvalue weighted by atomic mass is 35.5. The minimum Gasteiger partial charge on any atom is -0.378 e. The number of hydrogen-bond acceptors (Lipinski definition) is 6. The third-order valence-electron chi connectivity index (χ3n) is 4.91. The number of carbonyl (C=O) groups is 1. The van der Waals surface area contributed by atoms with Gasteiger partial charge in [-0.15, -0.1) is 0 Å². The average molecular weight is 419 g/mol. The molecule has 0 spiro atoms. The van der Waals surface area contributed by atoms with Crippen LogP contribution in [-0.2, 0) is 4.79 Å². The molecule has 1 aromatic carbocycles. The van der Waals surface area contributed by atoms with Crippen LogP contribution in [0.25, 0.3) is 11.0 Å². The molecule has 146 valence electrons. The number of anilines is 2. The fraction of sp³-hybridized carbons (Fsp3) is 0.368. The first-order valence-electron chi connectivity index (χ1n) is 9.19. The molecule has 2 N–H and O–H groups in total. The average Bonchev–Trinajstić information content (AvgIpc) is 3.15. The van der Waals surface area contributed by atoms with E-state index in [-0.39, 0.29) is 12.3 Å². The summed E-state index contributed by atoms with van der Waals surface area (Å²) in [4.78, 5) is 23.3. The molecule has 1 aliphatic heterocycles. The van der Waals surface area contributed by atoms with Crippen LogP contribution in [-0.4, -0.2) is 45.6 Å². The standard InChI is InChI=1S/C19H20Cl2N6O/c20-13-5-14(21)7-15(6-13)22-8-16(28)4-12-2-1-3-27(10-12)19-17-9-25-26-18(17)23-11-24-19/h5-7,9,11-12,22H,1-4,8,10H2,(H,23,24,25,26)/t12-/m0/s1. The number of nitrogens with one attached hydrogen (secondary N) is 2. The van der Waals surface area contributed by atoms with Crippen molar-refractivity contribution >= 4 is 51.5 Å². The van der Waals surface area contributed by atoms with Gasteiger partial charge in [0.25, 0.3) is 0 Å². The topological polar surface area (TPSA) is 86.8 Å². The van der Waals surface area contributed by atoms with Crippen molar-refractivity contribution < 1.29 is 4.79 Å². The number of carbonyl (C=O) groups excluding carboxylic acids is 1. The summed E-state index contributed by atoms with van der Waals surface area (Å²) in [5.41, 5.74) is 1.48. The predicted octanol–water partition coefficient (Wildman–Crippen LogP) is 3.95. The number of nitrogens with zero attached hydrogens (tertiary/aromatic N) is 4. The molecule has 7 nitrogen and oxygen atoms in total. The van der Waals surface area contributed by atoms with E-state index in [0.29, 0.717) is 22.4 Å². The highest BCUT2D eigenvalue weighted by Gasteiger charge is 2.24. The van der Waals surface area contributed by atoms with E-state index < -0.39 is 0 Å². The van der Waals surface area contributed by atoms with Gasteiger partial charge in [0.05, 0.1) is 18.1 Å². The number of aromatic amines is 1. The number of benzene rings is 1. The quantitative estimate of drug-likeness (QED) is 0.629. The molecule has 0 amide bonds. The Kier molecular flexibility index (Phi) is 5.64. The predicted molar refractivity (Wildman–Crippen MR) is 111 cm³/mol. The Morgan fingerprint density at radius 1 is 1.25 bits per heavy atom. The molecule has 0 saturated carbocycles. The lowest BCUT2D eigenvalue weighted by Gasteiger charge is -2.33. The van der Waals surface area contributed by atoms with Gasteiger partial charge in [0.1, 0.15) is 12.1 Å². The first-order chi connectivity index (χ1) is 13.6. The largest absolute Gasteiger partial charge is 0.378 e. The molecular weight excluding hydrogens is 399 g/mol. The van der Waals surface area contributed by atoms with Gasteiger partial charge >= 0.3 is 0 Å². The molecule has 2 aromatic heterocycles. The third-order valence-corrected chi connectivity index (χ3v) is 5.35. The molecule has 1 aliphatic rings. The summed E-state index contributed by atoms with van der Waals surface area (Å²) in [6, 6.07) is 5.18. The number of piperidine rings is 1. The van der Waals surface area contributed by atoms with Crippen molar-refractivity contribution in [2.24, 2.45) is 5.92 Å². The van der Waals surface area contributed by atoms with E-state index in [0.717, 1.165) is 48.5 Å². The minimum absolute atomic E-state index is 0.166. The summed E-state index contributed by atoms with van der Waals surface area (Å²) >= 11 is 12.0. The van der Waals surface area contributed by atoms with Gasteiger partial charge in [-0.05, 0) is 37.0 Å². The van der Waals surface area contributed by atoms with Crippen molar-refractivity contribution in [3.63, 3.8) is 0 Å². The van der Waals surface area contributed by atoms with Gasteiger partial charge in [-0.1, -0.05) is 23.2 Å². The fourth-order valence-electron chi connectivity index (χ4n) is 3.68. The molecule has 9 heteroatoms. The molecule has 0 radical (unpaired) electrons. The van der Waals surface area contributed by atoms with Crippen LogP contribution in [0.4, 0.5) is 11.5 Å². The first-order valence-corrected chi connectivity index (χ1v) is 9.95. The van der Waals surface area contributed by atoms with E-state index in [2.05, 4.69) is 30.4 Å². The zero-order chi connectivity index (χ0) is 19.5. The summed E-state index contributed by atoms with van der Waals surface area (Å²) in [6.07, 6.45) is 5.88. The molecule has 1 fully saturated rings. The van der Waals surface area contributed by atoms with Gasteiger partial charge in [-0.3, -0.25) is 9.89 Å². The van der Waals surface area contributed by atoms with Crippen molar-refractivity contribution in [2.75, 3.05) is 29.9 Å². The Balaban J connectivity index is 1.36. The Bertz CT molecular complexity index is 971. The highest BCUT2D eigenvalue weighted by Crippen LogP contribution is 2.28. The second kappa shape index (κ2) is 8.32. The van der Waals surface area contributed by atoms with E-state index in [4.69, 9.17) is 23.2 Å². The van der Waals surface area contributed by atoms with Gasteiger partial charge in [-0.25, -0.2) is 9.97 Å². The maximum absolute atomic E-state index is 12.5. The van der Waals surface area contributed by atoms with E-state index in [1.165, 1.54) is 0 Å². The summed E-state index contributed by atoms with van der Waals surface area (Å²) in [7, 11) is 0. The lowest BCUT2D eigenvalue weighted by atomic mass is 9.92. The lowest BCUT2D eigenvalue weighted by molar-refractivity contribution is -0.118. The number of rotatable bonds is 6. The van der Waals surface area contributed by atoms with Crippen molar-refractivity contribution in [3.8, 4) is 0 Å². The molecule has 0 bridgehead atoms. The number of halogens is 2. The molecule has 3 aromatic rings. The Morgan fingerprint density at radius 3 is 2.89 bits per heavy atom. The van der Waals surface area contributed by atoms with Crippen molar-refractivity contribution in [1.82, 2.24) is 20.2 Å². The minimum atomic E-state index is 0.166. The monoisotopic (exact) mass is 418 g/mol. The second-order valence-corrected chi connectivity index (χ2v) is 7.91. The van der Waals surface area contributed by atoms with Crippen LogP contribution in [0, 0.1) is 5.92 Å². The number of Topliss-reactive ketones (excluding diaryl/α,β-unsaturated/α-hetero) is 1. The van der Waals surface area contributed by atoms with Crippen LogP contribution in [0.2, 0.25) is 10.0 Å². The van der Waals surface area contributed by atoms with E-state index in [9.17, 15) is 4.79 Å². The van der Waals surface area contributed by atoms with Crippen LogP contribution in [0.5, 0.6) is 0 Å². The summed E-state index contributed by atoms with van der Waals surface area (Å²) in [6.45, 7) is 1.97. The van der Waals surface area contributed by atoms with Crippen LogP contribution in [0.1, 0.15) is 19.3 Å². The lowest BCUT2D eigenvalue weighted by Crippen LogP contribution is -2.37. The van der Waals surface area contributed by atoms with Crippen LogP contribution in [0.15, 0.2) is 30.7 Å². The van der Waals surface area contributed by atoms with Crippen LogP contribution < -0.4 is 10.2 Å². The van der Waals surface area contributed by atoms with E-state index in [1.54, 1.807) is 30.7 Å². The highest BCUT2D eigenvalue weighted by molar-refractivity contribution is 6.35. The number of fused-ring (bicyclic) bond motifs is 1. The molecular formula is C19H20Cl2N6O. The second-order valence-electron chi connectivity index (χ2n) is 7.04. The Labute approximate surface area is 172 Å². The molecule has 0 aliphatic carbocycles. The van der Waals surface area contributed by atoms with Gasteiger partial charge in [0.15, 0.2) is 11.4 Å². The zero-order valence-corrected chi connectivity index (χ0v) is 16.7. The molecule has 3 heterocycles. The van der Waals surface area contributed by atoms with E-state index in [1.807, 2.05) is 0 Å². The third kappa shape index (κ3) is 4.36. The molecule has 1 atom stereocenters. The van der Waals surface area contributed by atoms with Crippen molar-refractivity contribution in [3.05, 3.63) is 40.8 Å². The SMILES string of the molecule is O=C(CNc1cc(Cl)cc(Cl)c1)C[C@@H]1CCCN(c2ncnc3[nH]ncc23)C1. The summed E-state index contributed by atoms with van der Waals surface area (Å²) in [5.74, 6) is 1.34. The van der Waals surface area contributed by atoms with Crippen molar-refractivity contribution in [1.29, 1.82) is 0 Å². The number of H-pyrrole nitrogens is 1. The summed E-state index contributed by atoms with van der Waals surface area (Å²) < 4.78 is 0.